The van der Waals surface area contributed by atoms with E-state index in [9.17, 15) is 9.59 Å². The molecule has 0 unspecified atom stereocenters. The van der Waals surface area contributed by atoms with Crippen molar-refractivity contribution in [2.75, 3.05) is 5.75 Å². The molecule has 0 fully saturated rings. The second-order valence-corrected chi connectivity index (χ2v) is 6.73. The number of rotatable bonds is 6. The zero-order valence-electron chi connectivity index (χ0n) is 14.7. The first-order valence-electron chi connectivity index (χ1n) is 7.99. The normalized spacial score (nSPS) is 11.8. The lowest BCUT2D eigenvalue weighted by atomic mass is 10.1. The molecular weight excluding hydrogens is 340 g/mol. The summed E-state index contributed by atoms with van der Waals surface area (Å²) in [5.74, 6) is -0.361. The predicted octanol–water partition coefficient (Wildman–Crippen LogP) is 2.00. The summed E-state index contributed by atoms with van der Waals surface area (Å²) < 4.78 is 1.59. The second kappa shape index (κ2) is 8.61. The molecule has 1 aromatic carbocycles. The Labute approximate surface area is 150 Å². The van der Waals surface area contributed by atoms with Gasteiger partial charge in [-0.3, -0.25) is 10.1 Å². The number of hydrogen-bond acceptors (Lipinski definition) is 6. The predicted molar refractivity (Wildman–Crippen MR) is 95.8 cm³/mol. The van der Waals surface area contributed by atoms with Gasteiger partial charge in [0.2, 0.25) is 11.1 Å². The van der Waals surface area contributed by atoms with Crippen LogP contribution < -0.4 is 10.6 Å². The molecule has 9 heteroatoms. The highest BCUT2D eigenvalue weighted by Gasteiger charge is 2.15. The second-order valence-electron chi connectivity index (χ2n) is 5.78. The molecule has 2 aromatic rings. The molecule has 1 atom stereocenters. The monoisotopic (exact) mass is 362 g/mol. The third kappa shape index (κ3) is 5.28. The molecule has 1 heterocycles. The summed E-state index contributed by atoms with van der Waals surface area (Å²) in [7, 11) is 0. The van der Waals surface area contributed by atoms with Crippen LogP contribution in [0.3, 0.4) is 0 Å². The standard InChI is InChI=1S/C16H22N6O2S/c1-5-12(4)17-15(24)18-14(23)9-25-16-19-20-21-22(16)13-7-6-10(2)8-11(13)3/h6-8,12H,5,9H2,1-4H3,(H2,17,18,23,24)/t12-/m1/s1. The van der Waals surface area contributed by atoms with Gasteiger partial charge in [-0.1, -0.05) is 36.4 Å². The molecule has 2 rings (SSSR count). The Hall–Kier alpha value is -2.42. The van der Waals surface area contributed by atoms with Crippen LogP contribution in [0.25, 0.3) is 5.69 Å². The van der Waals surface area contributed by atoms with Crippen LogP contribution in [0.4, 0.5) is 4.79 Å². The fraction of sp³-hybridized carbons (Fsp3) is 0.438. The van der Waals surface area contributed by atoms with Crippen LogP contribution >= 0.6 is 11.8 Å². The molecule has 0 bridgehead atoms. The number of amides is 3. The van der Waals surface area contributed by atoms with Crippen LogP contribution in [0.5, 0.6) is 0 Å². The molecule has 0 aliphatic rings. The average Bonchev–Trinajstić information content (AvgIpc) is 3.00. The van der Waals surface area contributed by atoms with Crippen molar-refractivity contribution in [3.63, 3.8) is 0 Å². The van der Waals surface area contributed by atoms with Gasteiger partial charge in [0.1, 0.15) is 0 Å². The number of imide groups is 1. The lowest BCUT2D eigenvalue weighted by Crippen LogP contribution is -2.43. The SMILES string of the molecule is CC[C@@H](C)NC(=O)NC(=O)CSc1nnnn1-c1ccc(C)cc1C. The van der Waals surface area contributed by atoms with Gasteiger partial charge in [0.05, 0.1) is 11.4 Å². The molecule has 1 aromatic heterocycles. The van der Waals surface area contributed by atoms with Crippen molar-refractivity contribution in [2.45, 2.75) is 45.3 Å². The summed E-state index contributed by atoms with van der Waals surface area (Å²) in [6, 6.07) is 5.47. The summed E-state index contributed by atoms with van der Waals surface area (Å²) in [6.45, 7) is 7.82. The molecule has 2 N–H and O–H groups in total. The Bertz CT molecular complexity index is 761. The summed E-state index contributed by atoms with van der Waals surface area (Å²) >= 11 is 1.17. The first-order valence-corrected chi connectivity index (χ1v) is 8.98. The molecule has 134 valence electrons. The van der Waals surface area contributed by atoms with Gasteiger partial charge in [0.25, 0.3) is 0 Å². The third-order valence-corrected chi connectivity index (χ3v) is 4.52. The van der Waals surface area contributed by atoms with Crippen molar-refractivity contribution in [1.29, 1.82) is 0 Å². The molecule has 0 saturated heterocycles. The molecule has 3 amide bonds. The fourth-order valence-electron chi connectivity index (χ4n) is 2.12. The smallest absolute Gasteiger partial charge is 0.321 e. The zero-order valence-corrected chi connectivity index (χ0v) is 15.6. The van der Waals surface area contributed by atoms with Crippen molar-refractivity contribution < 1.29 is 9.59 Å². The van der Waals surface area contributed by atoms with Gasteiger partial charge >= 0.3 is 6.03 Å². The van der Waals surface area contributed by atoms with E-state index in [1.165, 1.54) is 11.8 Å². The van der Waals surface area contributed by atoms with Gasteiger partial charge in [0.15, 0.2) is 0 Å². The zero-order chi connectivity index (χ0) is 18.4. The van der Waals surface area contributed by atoms with Crippen LogP contribution in [0.1, 0.15) is 31.4 Å². The molecule has 25 heavy (non-hydrogen) atoms. The van der Waals surface area contributed by atoms with Crippen molar-refractivity contribution in [3.05, 3.63) is 29.3 Å². The summed E-state index contributed by atoms with van der Waals surface area (Å²) in [5, 5.41) is 17.1. The lowest BCUT2D eigenvalue weighted by Gasteiger charge is -2.11. The number of benzene rings is 1. The molecule has 0 aliphatic heterocycles. The van der Waals surface area contributed by atoms with Crippen molar-refractivity contribution >= 4 is 23.7 Å². The summed E-state index contributed by atoms with van der Waals surface area (Å²) in [4.78, 5) is 23.6. The first kappa shape index (κ1) is 18.9. The summed E-state index contributed by atoms with van der Waals surface area (Å²) in [6.07, 6.45) is 0.793. The summed E-state index contributed by atoms with van der Waals surface area (Å²) in [5.41, 5.74) is 3.04. The van der Waals surface area contributed by atoms with Gasteiger partial charge in [-0.05, 0) is 49.2 Å². The Kier molecular flexibility index (Phi) is 6.51. The van der Waals surface area contributed by atoms with Gasteiger partial charge in [-0.15, -0.1) is 5.10 Å². The van der Waals surface area contributed by atoms with Crippen LogP contribution in [-0.4, -0.2) is 43.9 Å². The highest BCUT2D eigenvalue weighted by Crippen LogP contribution is 2.21. The van der Waals surface area contributed by atoms with E-state index in [1.807, 2.05) is 45.9 Å². The Morgan fingerprint density at radius 3 is 2.76 bits per heavy atom. The molecule has 0 aliphatic carbocycles. The fourth-order valence-corrected chi connectivity index (χ4v) is 2.80. The average molecular weight is 362 g/mol. The van der Waals surface area contributed by atoms with Crippen LogP contribution in [0.15, 0.2) is 23.4 Å². The highest BCUT2D eigenvalue weighted by molar-refractivity contribution is 7.99. The largest absolute Gasteiger partial charge is 0.335 e. The number of aryl methyl sites for hydroxylation is 2. The van der Waals surface area contributed by atoms with Crippen molar-refractivity contribution in [2.24, 2.45) is 0 Å². The van der Waals surface area contributed by atoms with E-state index in [2.05, 4.69) is 26.2 Å². The topological polar surface area (TPSA) is 102 Å². The van der Waals surface area contributed by atoms with E-state index in [1.54, 1.807) is 4.68 Å². The lowest BCUT2D eigenvalue weighted by molar-refractivity contribution is -0.117. The third-order valence-electron chi connectivity index (χ3n) is 3.60. The maximum Gasteiger partial charge on any atom is 0.321 e. The van der Waals surface area contributed by atoms with E-state index in [-0.39, 0.29) is 11.8 Å². The minimum atomic E-state index is -0.492. The van der Waals surface area contributed by atoms with Crippen molar-refractivity contribution in [1.82, 2.24) is 30.8 Å². The van der Waals surface area contributed by atoms with Gasteiger partial charge in [-0.25, -0.2) is 4.79 Å². The number of urea groups is 1. The highest BCUT2D eigenvalue weighted by atomic mass is 32.2. The van der Waals surface area contributed by atoms with E-state index >= 15 is 0 Å². The van der Waals surface area contributed by atoms with Crippen LogP contribution in [0.2, 0.25) is 0 Å². The Morgan fingerprint density at radius 2 is 2.08 bits per heavy atom. The van der Waals surface area contributed by atoms with E-state index < -0.39 is 11.9 Å². The van der Waals surface area contributed by atoms with Crippen molar-refractivity contribution in [3.8, 4) is 5.69 Å². The molecule has 0 saturated carbocycles. The van der Waals surface area contributed by atoms with E-state index in [4.69, 9.17) is 0 Å². The maximum absolute atomic E-state index is 11.9. The minimum Gasteiger partial charge on any atom is -0.335 e. The number of hydrogen-bond donors (Lipinski definition) is 2. The minimum absolute atomic E-state index is 0.0114. The molecule has 0 radical (unpaired) electrons. The Morgan fingerprint density at radius 1 is 1.32 bits per heavy atom. The van der Waals surface area contributed by atoms with E-state index in [0.29, 0.717) is 5.16 Å². The molecule has 0 spiro atoms. The first-order chi connectivity index (χ1) is 11.9. The van der Waals surface area contributed by atoms with E-state index in [0.717, 1.165) is 23.2 Å². The Balaban J connectivity index is 1.97. The number of thioether (sulfide) groups is 1. The van der Waals surface area contributed by atoms with Gasteiger partial charge in [0, 0.05) is 6.04 Å². The number of nitrogens with zero attached hydrogens (tertiary/aromatic N) is 4. The number of aromatic nitrogens is 4. The van der Waals surface area contributed by atoms with Crippen LogP contribution in [-0.2, 0) is 4.79 Å². The maximum atomic E-state index is 11.9. The van der Waals surface area contributed by atoms with Gasteiger partial charge in [-0.2, -0.15) is 4.68 Å². The van der Waals surface area contributed by atoms with Gasteiger partial charge < -0.3 is 5.32 Å². The number of carbonyl (C=O) groups is 2. The molecule has 8 nitrogen and oxygen atoms in total. The molecular formula is C16H22N6O2S. The quantitative estimate of drug-likeness (QED) is 0.762. The number of tetrazole rings is 1. The van der Waals surface area contributed by atoms with Crippen LogP contribution in [0, 0.1) is 13.8 Å². The number of nitrogens with one attached hydrogen (secondary N) is 2. The number of carbonyl (C=O) groups excluding carboxylic acids is 2.